The van der Waals surface area contributed by atoms with Crippen LogP contribution in [0.15, 0.2) is 0 Å². The Morgan fingerprint density at radius 2 is 1.93 bits per heavy atom. The molecular weight excluding hydrogens is 193 g/mol. The van der Waals surface area contributed by atoms with Crippen LogP contribution in [0, 0.1) is 0 Å². The van der Waals surface area contributed by atoms with Crippen LogP contribution in [-0.4, -0.2) is 43.9 Å². The summed E-state index contributed by atoms with van der Waals surface area (Å²) in [5.74, 6) is 0. The van der Waals surface area contributed by atoms with Crippen molar-refractivity contribution in [2.75, 3.05) is 27.3 Å². The van der Waals surface area contributed by atoms with E-state index in [1.54, 1.807) is 7.11 Å². The maximum atomic E-state index is 12.9. The molecule has 3 heteroatoms. The molecule has 1 unspecified atom stereocenters. The first-order chi connectivity index (χ1) is 7.00. The largest absolute Gasteiger partial charge is 0.383 e. The van der Waals surface area contributed by atoms with Crippen molar-refractivity contribution >= 4 is 0 Å². The van der Waals surface area contributed by atoms with Crippen molar-refractivity contribution in [2.45, 2.75) is 51.7 Å². The highest BCUT2D eigenvalue weighted by molar-refractivity contribution is 4.94. The fraction of sp³-hybridized carbons (Fsp3) is 1.00. The lowest BCUT2D eigenvalue weighted by atomic mass is 10.0. The molecule has 0 radical (unpaired) electrons. The first kappa shape index (κ1) is 14.8. The van der Waals surface area contributed by atoms with Crippen LogP contribution in [0.2, 0.25) is 0 Å². The molecule has 1 aliphatic heterocycles. The number of unbranched alkanes of at least 4 members (excludes halogenated alkanes) is 1. The SMILES string of the molecule is CCCC.COCC1(C)C[C@@H](F)CN1C. The molecule has 1 heterocycles. The third-order valence-electron chi connectivity index (χ3n) is 3.01. The number of hydrogen-bond acceptors (Lipinski definition) is 2. The Bertz CT molecular complexity index is 164. The highest BCUT2D eigenvalue weighted by atomic mass is 19.1. The van der Waals surface area contributed by atoms with Crippen LogP contribution in [0.1, 0.15) is 40.0 Å². The van der Waals surface area contributed by atoms with Crippen LogP contribution in [0.25, 0.3) is 0 Å². The van der Waals surface area contributed by atoms with Gasteiger partial charge in [0.25, 0.3) is 0 Å². The molecule has 1 fully saturated rings. The minimum Gasteiger partial charge on any atom is -0.383 e. The number of likely N-dealkylation sites (tertiary alicyclic amines) is 1. The van der Waals surface area contributed by atoms with E-state index in [4.69, 9.17) is 4.74 Å². The molecular formula is C12H26FNO. The molecule has 0 amide bonds. The van der Waals surface area contributed by atoms with Gasteiger partial charge in [-0.2, -0.15) is 0 Å². The molecule has 0 aromatic heterocycles. The molecule has 15 heavy (non-hydrogen) atoms. The van der Waals surface area contributed by atoms with Gasteiger partial charge in [0.05, 0.1) is 6.61 Å². The number of halogens is 1. The van der Waals surface area contributed by atoms with Crippen LogP contribution in [0.3, 0.4) is 0 Å². The summed E-state index contributed by atoms with van der Waals surface area (Å²) in [7, 11) is 3.60. The number of methoxy groups -OCH3 is 1. The Balaban J connectivity index is 0.000000423. The first-order valence-electron chi connectivity index (χ1n) is 5.84. The molecule has 0 aliphatic carbocycles. The predicted octanol–water partition coefficient (Wildman–Crippen LogP) is 2.87. The van der Waals surface area contributed by atoms with Crippen LogP contribution >= 0.6 is 0 Å². The molecule has 92 valence electrons. The van der Waals surface area contributed by atoms with Crippen molar-refractivity contribution in [2.24, 2.45) is 0 Å². The van der Waals surface area contributed by atoms with Gasteiger partial charge < -0.3 is 4.74 Å². The zero-order valence-electron chi connectivity index (χ0n) is 10.8. The van der Waals surface area contributed by atoms with Crippen LogP contribution in [0.4, 0.5) is 4.39 Å². The normalized spacial score (nSPS) is 31.2. The zero-order chi connectivity index (χ0) is 11.9. The average molecular weight is 219 g/mol. The molecule has 0 bridgehead atoms. The predicted molar refractivity (Wildman–Crippen MR) is 63.0 cm³/mol. The molecule has 1 rings (SSSR count). The van der Waals surface area contributed by atoms with E-state index in [0.717, 1.165) is 0 Å². The number of ether oxygens (including phenoxy) is 1. The molecule has 0 saturated carbocycles. The number of likely N-dealkylation sites (N-methyl/N-ethyl adjacent to an activating group) is 1. The maximum absolute atomic E-state index is 12.9. The third kappa shape index (κ3) is 4.94. The smallest absolute Gasteiger partial charge is 0.115 e. The Hall–Kier alpha value is -0.150. The van der Waals surface area contributed by atoms with Crippen molar-refractivity contribution in [3.8, 4) is 0 Å². The molecule has 0 spiro atoms. The van der Waals surface area contributed by atoms with Crippen molar-refractivity contribution in [3.63, 3.8) is 0 Å². The van der Waals surface area contributed by atoms with Crippen molar-refractivity contribution in [1.29, 1.82) is 0 Å². The van der Waals surface area contributed by atoms with Crippen LogP contribution in [-0.2, 0) is 4.74 Å². The van der Waals surface area contributed by atoms with Gasteiger partial charge in [-0.25, -0.2) is 4.39 Å². The number of rotatable bonds is 3. The molecule has 0 N–H and O–H groups in total. The lowest BCUT2D eigenvalue weighted by Gasteiger charge is -2.30. The highest BCUT2D eigenvalue weighted by Gasteiger charge is 2.39. The summed E-state index contributed by atoms with van der Waals surface area (Å²) in [5.41, 5.74) is -0.0891. The minimum atomic E-state index is -0.680. The topological polar surface area (TPSA) is 12.5 Å². The monoisotopic (exact) mass is 219 g/mol. The van der Waals surface area contributed by atoms with Crippen LogP contribution in [0.5, 0.6) is 0 Å². The average Bonchev–Trinajstić information content (AvgIpc) is 2.41. The van der Waals surface area contributed by atoms with Crippen molar-refractivity contribution in [3.05, 3.63) is 0 Å². The van der Waals surface area contributed by atoms with E-state index in [9.17, 15) is 4.39 Å². The summed E-state index contributed by atoms with van der Waals surface area (Å²) in [6.07, 6.45) is 2.55. The second-order valence-electron chi connectivity index (χ2n) is 4.61. The quantitative estimate of drug-likeness (QED) is 0.723. The number of hydrogen-bond donors (Lipinski definition) is 0. The standard InChI is InChI=1S/C8H16FNO.C4H10/c1-8(6-11-3)4-7(9)5-10(8)2;1-3-4-2/h7H,4-6H2,1-3H3;3-4H2,1-2H3/t7-,8?;/m1./s1. The van der Waals surface area contributed by atoms with Crippen molar-refractivity contribution < 1.29 is 9.13 Å². The minimum absolute atomic E-state index is 0.0891. The summed E-state index contributed by atoms with van der Waals surface area (Å²) < 4.78 is 17.9. The van der Waals surface area contributed by atoms with E-state index >= 15 is 0 Å². The second kappa shape index (κ2) is 7.18. The molecule has 0 aromatic carbocycles. The van der Waals surface area contributed by atoms with Gasteiger partial charge in [-0.15, -0.1) is 0 Å². The Morgan fingerprint density at radius 3 is 2.20 bits per heavy atom. The second-order valence-corrected chi connectivity index (χ2v) is 4.61. The number of alkyl halides is 1. The Kier molecular flexibility index (Phi) is 7.11. The molecule has 1 aliphatic rings. The lowest BCUT2D eigenvalue weighted by Crippen LogP contribution is -2.42. The van der Waals surface area contributed by atoms with Gasteiger partial charge >= 0.3 is 0 Å². The van der Waals surface area contributed by atoms with E-state index < -0.39 is 6.17 Å². The molecule has 2 nitrogen and oxygen atoms in total. The number of nitrogens with zero attached hydrogens (tertiary/aromatic N) is 1. The highest BCUT2D eigenvalue weighted by Crippen LogP contribution is 2.29. The molecule has 0 aromatic rings. The van der Waals surface area contributed by atoms with E-state index in [-0.39, 0.29) is 5.54 Å². The third-order valence-corrected chi connectivity index (χ3v) is 3.01. The summed E-state index contributed by atoms with van der Waals surface area (Å²) >= 11 is 0. The van der Waals surface area contributed by atoms with Gasteiger partial charge in [-0.3, -0.25) is 4.90 Å². The fourth-order valence-corrected chi connectivity index (χ4v) is 1.70. The van der Waals surface area contributed by atoms with Gasteiger partial charge in [0.15, 0.2) is 0 Å². The van der Waals surface area contributed by atoms with Gasteiger partial charge in [0.2, 0.25) is 0 Å². The summed E-state index contributed by atoms with van der Waals surface area (Å²) in [4.78, 5) is 2.03. The molecule has 2 atom stereocenters. The van der Waals surface area contributed by atoms with Gasteiger partial charge in [0.1, 0.15) is 6.17 Å². The van der Waals surface area contributed by atoms with E-state index in [1.165, 1.54) is 12.8 Å². The van der Waals surface area contributed by atoms with Crippen LogP contribution < -0.4 is 0 Å². The summed E-state index contributed by atoms with van der Waals surface area (Å²) in [6.45, 7) is 7.56. The summed E-state index contributed by atoms with van der Waals surface area (Å²) in [6, 6.07) is 0. The van der Waals surface area contributed by atoms with E-state index in [0.29, 0.717) is 19.6 Å². The van der Waals surface area contributed by atoms with Gasteiger partial charge in [0, 0.05) is 25.6 Å². The molecule has 1 saturated heterocycles. The van der Waals surface area contributed by atoms with Crippen molar-refractivity contribution in [1.82, 2.24) is 4.90 Å². The maximum Gasteiger partial charge on any atom is 0.115 e. The lowest BCUT2D eigenvalue weighted by molar-refractivity contribution is 0.0656. The Labute approximate surface area is 93.8 Å². The van der Waals surface area contributed by atoms with E-state index in [1.807, 2.05) is 18.9 Å². The first-order valence-corrected chi connectivity index (χ1v) is 5.84. The van der Waals surface area contributed by atoms with Gasteiger partial charge in [-0.05, 0) is 14.0 Å². The fourth-order valence-electron chi connectivity index (χ4n) is 1.70. The van der Waals surface area contributed by atoms with Gasteiger partial charge in [-0.1, -0.05) is 26.7 Å². The Morgan fingerprint density at radius 1 is 1.40 bits per heavy atom. The zero-order valence-corrected chi connectivity index (χ0v) is 10.8. The summed E-state index contributed by atoms with van der Waals surface area (Å²) in [5, 5.41) is 0. The van der Waals surface area contributed by atoms with E-state index in [2.05, 4.69) is 13.8 Å².